The Morgan fingerprint density at radius 1 is 1.08 bits per heavy atom. The van der Waals surface area contributed by atoms with Crippen LogP contribution >= 0.6 is 0 Å². The summed E-state index contributed by atoms with van der Waals surface area (Å²) in [6.45, 7) is 6.30. The van der Waals surface area contributed by atoms with Gasteiger partial charge in [0.15, 0.2) is 12.4 Å². The van der Waals surface area contributed by atoms with Crippen molar-refractivity contribution < 1.29 is 29.4 Å². The van der Waals surface area contributed by atoms with E-state index in [1.165, 1.54) is 10.5 Å². The highest BCUT2D eigenvalue weighted by atomic mass is 16.6. The summed E-state index contributed by atoms with van der Waals surface area (Å²) in [7, 11) is 0. The quantitative estimate of drug-likeness (QED) is 0.556. The molecule has 0 aromatic carbocycles. The van der Waals surface area contributed by atoms with E-state index in [-0.39, 0.29) is 29.1 Å². The van der Waals surface area contributed by atoms with Crippen LogP contribution in [0.5, 0.6) is 0 Å². The van der Waals surface area contributed by atoms with Crippen molar-refractivity contribution in [3.63, 3.8) is 0 Å². The maximum atomic E-state index is 12.5. The number of rotatable bonds is 5. The number of carboxylic acids is 1. The molecule has 2 N–H and O–H groups in total. The fourth-order valence-corrected chi connectivity index (χ4v) is 8.81. The molecule has 7 atom stereocenters. The van der Waals surface area contributed by atoms with Crippen LogP contribution in [0.15, 0.2) is 16.8 Å². The molecule has 4 aliphatic carbocycles. The van der Waals surface area contributed by atoms with E-state index in [1.807, 2.05) is 0 Å². The highest BCUT2D eigenvalue weighted by Crippen LogP contribution is 2.67. The second kappa shape index (κ2) is 8.96. The Bertz CT molecular complexity index is 1020. The summed E-state index contributed by atoms with van der Waals surface area (Å²) in [4.78, 5) is 43.0. The first-order chi connectivity index (χ1) is 17.0. The minimum Gasteiger partial charge on any atom is -0.480 e. The van der Waals surface area contributed by atoms with Crippen LogP contribution in [0.25, 0.3) is 0 Å². The molecule has 1 saturated heterocycles. The lowest BCUT2D eigenvalue weighted by atomic mass is 9.46. The Balaban J connectivity index is 1.26. The molecule has 36 heavy (non-hydrogen) atoms. The molecule has 0 bridgehead atoms. The van der Waals surface area contributed by atoms with E-state index in [1.54, 1.807) is 6.92 Å². The van der Waals surface area contributed by atoms with Crippen LogP contribution in [-0.2, 0) is 19.2 Å². The third kappa shape index (κ3) is 3.74. The van der Waals surface area contributed by atoms with Gasteiger partial charge in [0.1, 0.15) is 11.6 Å². The fourth-order valence-electron chi connectivity index (χ4n) is 8.81. The number of likely N-dealkylation sites (tertiary alicyclic amines) is 1. The van der Waals surface area contributed by atoms with Gasteiger partial charge in [0.05, 0.1) is 5.71 Å². The number of oxime groups is 1. The number of carbonyl (C=O) groups excluding carboxylic acids is 2. The lowest BCUT2D eigenvalue weighted by Gasteiger charge is -2.59. The minimum atomic E-state index is -1.18. The van der Waals surface area contributed by atoms with Crippen LogP contribution in [0.1, 0.15) is 85.0 Å². The summed E-state index contributed by atoms with van der Waals surface area (Å²) in [6.07, 6.45) is 10.6. The molecule has 0 aromatic heterocycles. The highest BCUT2D eigenvalue weighted by Gasteiger charge is 2.65. The summed E-state index contributed by atoms with van der Waals surface area (Å²) >= 11 is 0. The van der Waals surface area contributed by atoms with Crippen LogP contribution in [0.4, 0.5) is 0 Å². The number of allylic oxidation sites excluding steroid dienone is 2. The van der Waals surface area contributed by atoms with E-state index < -0.39 is 17.6 Å². The second-order valence-corrected chi connectivity index (χ2v) is 12.4. The predicted octanol–water partition coefficient (Wildman–Crippen LogP) is 3.72. The summed E-state index contributed by atoms with van der Waals surface area (Å²) in [6, 6.07) is -0.759. The number of carbonyl (C=O) groups is 3. The molecule has 0 radical (unpaired) electrons. The molecule has 8 nitrogen and oxygen atoms in total. The fraction of sp³-hybridized carbons (Fsp3) is 0.786. The Morgan fingerprint density at radius 3 is 2.56 bits per heavy atom. The van der Waals surface area contributed by atoms with Gasteiger partial charge in [-0.2, -0.15) is 0 Å². The van der Waals surface area contributed by atoms with E-state index in [9.17, 15) is 24.6 Å². The molecule has 3 saturated carbocycles. The van der Waals surface area contributed by atoms with Crippen LogP contribution in [0.2, 0.25) is 0 Å². The average Bonchev–Trinajstić information content (AvgIpc) is 3.43. The van der Waals surface area contributed by atoms with Crippen LogP contribution in [-0.4, -0.2) is 63.3 Å². The molecule has 0 aromatic rings. The van der Waals surface area contributed by atoms with Crippen LogP contribution < -0.4 is 0 Å². The highest BCUT2D eigenvalue weighted by molar-refractivity contribution is 5.96. The number of nitrogens with zero attached hydrogens (tertiary/aromatic N) is 2. The average molecular weight is 501 g/mol. The number of fused-ring (bicyclic) bond motifs is 5. The number of carboxylic acid groups (broad SMARTS) is 1. The Hall–Kier alpha value is -2.22. The summed E-state index contributed by atoms with van der Waals surface area (Å²) < 4.78 is 0. The van der Waals surface area contributed by atoms with Crippen molar-refractivity contribution in [1.29, 1.82) is 0 Å². The first-order valence-electron chi connectivity index (χ1n) is 13.7. The molecular weight excluding hydrogens is 460 g/mol. The van der Waals surface area contributed by atoms with Crippen molar-refractivity contribution in [3.8, 4) is 0 Å². The van der Waals surface area contributed by atoms with Crippen LogP contribution in [0, 0.1) is 28.6 Å². The lowest BCUT2D eigenvalue weighted by Crippen LogP contribution is -2.57. The van der Waals surface area contributed by atoms with Crippen molar-refractivity contribution in [3.05, 3.63) is 11.6 Å². The molecule has 5 aliphatic rings. The standard InChI is InChI=1S/C28H40N2O6/c1-17(31)28(35)13-10-22-20-7-6-18-15-19(8-11-26(18,2)21(20)9-12-27(22,28)3)29-36-16-24(32)30-14-4-5-23(30)25(33)34/h15,20-23,35H,4-14,16H2,1-3H3,(H,33,34)/b29-19-/t20-,21+,22+,23?,26+,27+,28+/m1/s1. The molecule has 1 unspecified atom stereocenters. The Morgan fingerprint density at radius 2 is 1.83 bits per heavy atom. The van der Waals surface area contributed by atoms with Crippen molar-refractivity contribution in [2.75, 3.05) is 13.2 Å². The topological polar surface area (TPSA) is 117 Å². The summed E-state index contributed by atoms with van der Waals surface area (Å²) in [5.41, 5.74) is 0.824. The SMILES string of the molecule is CC(=O)[C@@]1(O)CC[C@H]2[C@@H]3CCC4=C/C(=N\OCC(=O)N5CCCC5C(=O)O)CC[C@]4(C)[C@H]3CC[C@@]21C. The van der Waals surface area contributed by atoms with Crippen molar-refractivity contribution in [2.24, 2.45) is 33.7 Å². The van der Waals surface area contributed by atoms with E-state index >= 15 is 0 Å². The predicted molar refractivity (Wildman–Crippen MR) is 133 cm³/mol. The van der Waals surface area contributed by atoms with E-state index in [0.29, 0.717) is 43.6 Å². The van der Waals surface area contributed by atoms with Crippen molar-refractivity contribution in [1.82, 2.24) is 4.90 Å². The Labute approximate surface area is 213 Å². The zero-order chi connectivity index (χ0) is 25.9. The van der Waals surface area contributed by atoms with Crippen molar-refractivity contribution >= 4 is 23.4 Å². The number of aliphatic hydroxyl groups is 1. The lowest BCUT2D eigenvalue weighted by molar-refractivity contribution is -0.159. The van der Waals surface area contributed by atoms with E-state index in [2.05, 4.69) is 25.1 Å². The molecule has 5 rings (SSSR count). The van der Waals surface area contributed by atoms with Gasteiger partial charge in [0.2, 0.25) is 0 Å². The van der Waals surface area contributed by atoms with Gasteiger partial charge >= 0.3 is 5.97 Å². The molecule has 198 valence electrons. The first kappa shape index (κ1) is 25.4. The van der Waals surface area contributed by atoms with Crippen molar-refractivity contribution in [2.45, 2.75) is 96.6 Å². The Kier molecular flexibility index (Phi) is 6.33. The molecule has 4 fully saturated rings. The maximum Gasteiger partial charge on any atom is 0.326 e. The number of Topliss-reactive ketones (excluding diaryl/α,β-unsaturated/α-hetero) is 1. The zero-order valence-corrected chi connectivity index (χ0v) is 21.8. The van der Waals surface area contributed by atoms with Gasteiger partial charge in [-0.3, -0.25) is 9.59 Å². The van der Waals surface area contributed by atoms with Gasteiger partial charge in [0.25, 0.3) is 5.91 Å². The summed E-state index contributed by atoms with van der Waals surface area (Å²) in [5.74, 6) is 0.0734. The largest absolute Gasteiger partial charge is 0.480 e. The number of ketones is 1. The van der Waals surface area contributed by atoms with E-state index in [4.69, 9.17) is 4.84 Å². The van der Waals surface area contributed by atoms with Gasteiger partial charge < -0.3 is 20.0 Å². The van der Waals surface area contributed by atoms with Gasteiger partial charge in [-0.1, -0.05) is 24.6 Å². The summed E-state index contributed by atoms with van der Waals surface area (Å²) in [5, 5.41) is 24.9. The van der Waals surface area contributed by atoms with Gasteiger partial charge in [-0.05, 0) is 100 Å². The normalized spacial score (nSPS) is 42.8. The second-order valence-electron chi connectivity index (χ2n) is 12.4. The van der Waals surface area contributed by atoms with Gasteiger partial charge in [0, 0.05) is 12.0 Å². The minimum absolute atomic E-state index is 0.0752. The molecule has 1 aliphatic heterocycles. The number of hydrogen-bond donors (Lipinski definition) is 2. The molecule has 0 spiro atoms. The molecule has 1 amide bonds. The monoisotopic (exact) mass is 500 g/mol. The smallest absolute Gasteiger partial charge is 0.326 e. The molecule has 1 heterocycles. The maximum absolute atomic E-state index is 12.5. The van der Waals surface area contributed by atoms with Gasteiger partial charge in [-0.15, -0.1) is 0 Å². The number of amides is 1. The van der Waals surface area contributed by atoms with E-state index in [0.717, 1.165) is 50.7 Å². The van der Waals surface area contributed by atoms with Gasteiger partial charge in [-0.25, -0.2) is 4.79 Å². The molecular formula is C28H40N2O6. The van der Waals surface area contributed by atoms with Crippen LogP contribution in [0.3, 0.4) is 0 Å². The third-order valence-corrected chi connectivity index (χ3v) is 10.9. The third-order valence-electron chi connectivity index (χ3n) is 10.9. The molecule has 8 heteroatoms. The first-order valence-corrected chi connectivity index (χ1v) is 13.7. The number of hydrogen-bond acceptors (Lipinski definition) is 6. The zero-order valence-electron chi connectivity index (χ0n) is 21.8. The number of aliphatic carboxylic acids is 1.